The van der Waals surface area contributed by atoms with Crippen LogP contribution in [0.25, 0.3) is 0 Å². The van der Waals surface area contributed by atoms with Crippen LogP contribution in [0.5, 0.6) is 11.5 Å². The van der Waals surface area contributed by atoms with Crippen LogP contribution < -0.4 is 4.74 Å². The Labute approximate surface area is 95.8 Å². The van der Waals surface area contributed by atoms with E-state index in [2.05, 4.69) is 0 Å². The molecule has 1 N–H and O–H groups in total. The lowest BCUT2D eigenvalue weighted by Crippen LogP contribution is -2.19. The second-order valence-electron chi connectivity index (χ2n) is 3.53. The topological polar surface area (TPSA) is 47.9 Å². The molecule has 0 aliphatic carbocycles. The fourth-order valence-electron chi connectivity index (χ4n) is 1.59. The molecule has 0 aromatic heterocycles. The zero-order valence-electron chi connectivity index (χ0n) is 10.1. The van der Waals surface area contributed by atoms with Gasteiger partial charge < -0.3 is 19.3 Å². The summed E-state index contributed by atoms with van der Waals surface area (Å²) in [6.45, 7) is 1.92. The van der Waals surface area contributed by atoms with Gasteiger partial charge in [0.05, 0.1) is 13.2 Å². The number of aromatic hydroxyl groups is 1. The average Bonchev–Trinajstić information content (AvgIpc) is 2.31. The van der Waals surface area contributed by atoms with E-state index in [0.717, 1.165) is 5.56 Å². The van der Waals surface area contributed by atoms with E-state index < -0.39 is 0 Å². The monoisotopic (exact) mass is 226 g/mol. The summed E-state index contributed by atoms with van der Waals surface area (Å²) in [5, 5.41) is 9.49. The Hall–Kier alpha value is -1.26. The number of hydrogen-bond donors (Lipinski definition) is 1. The van der Waals surface area contributed by atoms with Gasteiger partial charge in [-0.15, -0.1) is 0 Å². The molecule has 1 aromatic carbocycles. The maximum Gasteiger partial charge on any atom is 0.160 e. The lowest BCUT2D eigenvalue weighted by atomic mass is 10.0. The number of ether oxygens (including phenoxy) is 3. The van der Waals surface area contributed by atoms with Crippen molar-refractivity contribution in [3.8, 4) is 11.5 Å². The van der Waals surface area contributed by atoms with Crippen LogP contribution in [0, 0.1) is 0 Å². The van der Waals surface area contributed by atoms with Gasteiger partial charge in [-0.1, -0.05) is 6.07 Å². The standard InChI is InChI=1S/C12H18O4/c1-8(14-2)12(16-4)9-5-6-10(13)11(7-9)15-3/h5-8,12-13H,1-4H3. The lowest BCUT2D eigenvalue weighted by molar-refractivity contribution is -0.0278. The molecule has 0 saturated carbocycles. The van der Waals surface area contributed by atoms with Crippen LogP contribution in [-0.4, -0.2) is 32.5 Å². The molecular weight excluding hydrogens is 208 g/mol. The van der Waals surface area contributed by atoms with Crippen molar-refractivity contribution in [3.63, 3.8) is 0 Å². The van der Waals surface area contributed by atoms with Gasteiger partial charge in [0.2, 0.25) is 0 Å². The molecule has 0 fully saturated rings. The van der Waals surface area contributed by atoms with Crippen molar-refractivity contribution in [2.24, 2.45) is 0 Å². The molecule has 4 heteroatoms. The third-order valence-electron chi connectivity index (χ3n) is 2.58. The normalized spacial score (nSPS) is 14.5. The first-order valence-corrected chi connectivity index (χ1v) is 5.06. The van der Waals surface area contributed by atoms with Crippen LogP contribution in [0.3, 0.4) is 0 Å². The number of benzene rings is 1. The van der Waals surface area contributed by atoms with Crippen molar-refractivity contribution in [2.75, 3.05) is 21.3 Å². The van der Waals surface area contributed by atoms with E-state index in [1.807, 2.05) is 6.92 Å². The van der Waals surface area contributed by atoms with E-state index in [-0.39, 0.29) is 18.0 Å². The molecule has 1 rings (SSSR count). The van der Waals surface area contributed by atoms with Crippen LogP contribution in [0.1, 0.15) is 18.6 Å². The Balaban J connectivity index is 3.01. The lowest BCUT2D eigenvalue weighted by Gasteiger charge is -2.22. The van der Waals surface area contributed by atoms with E-state index in [1.165, 1.54) is 7.11 Å². The van der Waals surface area contributed by atoms with Gasteiger partial charge in [-0.2, -0.15) is 0 Å². The van der Waals surface area contributed by atoms with Crippen LogP contribution in [-0.2, 0) is 9.47 Å². The van der Waals surface area contributed by atoms with Crippen molar-refractivity contribution >= 4 is 0 Å². The Bertz CT molecular complexity index is 338. The highest BCUT2D eigenvalue weighted by molar-refractivity contribution is 5.42. The predicted octanol–water partition coefficient (Wildman–Crippen LogP) is 2.12. The van der Waals surface area contributed by atoms with Crippen LogP contribution in [0.2, 0.25) is 0 Å². The summed E-state index contributed by atoms with van der Waals surface area (Å²) in [5.41, 5.74) is 0.909. The molecule has 0 radical (unpaired) electrons. The Morgan fingerprint density at radius 3 is 2.31 bits per heavy atom. The first-order chi connectivity index (χ1) is 7.63. The highest BCUT2D eigenvalue weighted by Crippen LogP contribution is 2.31. The molecule has 4 nitrogen and oxygen atoms in total. The minimum absolute atomic E-state index is 0.0701. The van der Waals surface area contributed by atoms with E-state index >= 15 is 0 Å². The summed E-state index contributed by atoms with van der Waals surface area (Å²) in [7, 11) is 4.77. The Kier molecular flexibility index (Phi) is 4.58. The van der Waals surface area contributed by atoms with Crippen molar-refractivity contribution in [1.82, 2.24) is 0 Å². The first-order valence-electron chi connectivity index (χ1n) is 5.06. The summed E-state index contributed by atoms with van der Waals surface area (Å²) in [4.78, 5) is 0. The second kappa shape index (κ2) is 5.72. The molecule has 0 spiro atoms. The van der Waals surface area contributed by atoms with Gasteiger partial charge >= 0.3 is 0 Å². The molecular formula is C12H18O4. The average molecular weight is 226 g/mol. The number of phenolic OH excluding ortho intramolecular Hbond substituents is 1. The predicted molar refractivity (Wildman–Crippen MR) is 60.9 cm³/mol. The zero-order valence-corrected chi connectivity index (χ0v) is 10.1. The van der Waals surface area contributed by atoms with Gasteiger partial charge in [0, 0.05) is 14.2 Å². The Morgan fingerprint density at radius 2 is 1.81 bits per heavy atom. The van der Waals surface area contributed by atoms with Gasteiger partial charge in [-0.25, -0.2) is 0 Å². The summed E-state index contributed by atoms with van der Waals surface area (Å²) in [5.74, 6) is 0.550. The fraction of sp³-hybridized carbons (Fsp3) is 0.500. The van der Waals surface area contributed by atoms with Crippen LogP contribution >= 0.6 is 0 Å². The van der Waals surface area contributed by atoms with Crippen molar-refractivity contribution in [3.05, 3.63) is 23.8 Å². The fourth-order valence-corrected chi connectivity index (χ4v) is 1.59. The highest BCUT2D eigenvalue weighted by Gasteiger charge is 2.19. The summed E-state index contributed by atoms with van der Waals surface area (Å²) >= 11 is 0. The van der Waals surface area contributed by atoms with Crippen LogP contribution in [0.4, 0.5) is 0 Å². The van der Waals surface area contributed by atoms with E-state index in [1.54, 1.807) is 32.4 Å². The number of hydrogen-bond acceptors (Lipinski definition) is 4. The summed E-state index contributed by atoms with van der Waals surface area (Å²) < 4.78 is 15.6. The molecule has 1 aromatic rings. The van der Waals surface area contributed by atoms with Gasteiger partial charge in [0.15, 0.2) is 11.5 Å². The molecule has 90 valence electrons. The van der Waals surface area contributed by atoms with E-state index in [0.29, 0.717) is 5.75 Å². The van der Waals surface area contributed by atoms with Crippen LogP contribution in [0.15, 0.2) is 18.2 Å². The number of rotatable bonds is 5. The Morgan fingerprint density at radius 1 is 1.12 bits per heavy atom. The van der Waals surface area contributed by atoms with E-state index in [4.69, 9.17) is 14.2 Å². The highest BCUT2D eigenvalue weighted by atomic mass is 16.5. The summed E-state index contributed by atoms with van der Waals surface area (Å²) in [6, 6.07) is 5.13. The molecule has 0 aliphatic heterocycles. The van der Waals surface area contributed by atoms with Gasteiger partial charge in [-0.05, 0) is 24.6 Å². The van der Waals surface area contributed by atoms with Gasteiger partial charge in [0.25, 0.3) is 0 Å². The molecule has 16 heavy (non-hydrogen) atoms. The molecule has 2 atom stereocenters. The number of methoxy groups -OCH3 is 3. The first kappa shape index (κ1) is 12.8. The quantitative estimate of drug-likeness (QED) is 0.835. The van der Waals surface area contributed by atoms with Gasteiger partial charge in [0.1, 0.15) is 6.10 Å². The molecule has 0 heterocycles. The van der Waals surface area contributed by atoms with Crippen molar-refractivity contribution in [2.45, 2.75) is 19.1 Å². The second-order valence-corrected chi connectivity index (χ2v) is 3.53. The largest absolute Gasteiger partial charge is 0.504 e. The molecule has 0 aliphatic rings. The number of phenols is 1. The minimum atomic E-state index is -0.181. The summed E-state index contributed by atoms with van der Waals surface area (Å²) in [6.07, 6.45) is -0.251. The third-order valence-corrected chi connectivity index (χ3v) is 2.58. The smallest absolute Gasteiger partial charge is 0.160 e. The maximum atomic E-state index is 9.49. The molecule has 2 unspecified atom stereocenters. The van der Waals surface area contributed by atoms with Crippen molar-refractivity contribution in [1.29, 1.82) is 0 Å². The minimum Gasteiger partial charge on any atom is -0.504 e. The SMILES string of the molecule is COc1cc(C(OC)C(C)OC)ccc1O. The maximum absolute atomic E-state index is 9.49. The van der Waals surface area contributed by atoms with Crippen molar-refractivity contribution < 1.29 is 19.3 Å². The zero-order chi connectivity index (χ0) is 12.1. The molecule has 0 bridgehead atoms. The third kappa shape index (κ3) is 2.65. The van der Waals surface area contributed by atoms with Gasteiger partial charge in [-0.3, -0.25) is 0 Å². The van der Waals surface area contributed by atoms with E-state index in [9.17, 15) is 5.11 Å². The molecule has 0 saturated heterocycles. The molecule has 0 amide bonds.